The normalized spacial score (nSPS) is 13.5. The molecule has 5 aromatic rings. The van der Waals surface area contributed by atoms with Crippen molar-refractivity contribution in [3.8, 4) is 21.9 Å². The van der Waals surface area contributed by atoms with Gasteiger partial charge in [-0.05, 0) is 90.8 Å². The monoisotopic (exact) mass is 548 g/mol. The van der Waals surface area contributed by atoms with Crippen LogP contribution >= 0.6 is 11.3 Å². The number of amides is 1. The second-order valence-electron chi connectivity index (χ2n) is 10.0. The van der Waals surface area contributed by atoms with E-state index in [2.05, 4.69) is 4.90 Å². The molecule has 1 amide bonds. The number of carbonyl (C=O) groups excluding carboxylic acids is 2. The molecule has 7 heteroatoms. The van der Waals surface area contributed by atoms with Gasteiger partial charge in [-0.25, -0.2) is 0 Å². The zero-order chi connectivity index (χ0) is 27.8. The van der Waals surface area contributed by atoms with E-state index in [1.807, 2.05) is 60.4 Å². The van der Waals surface area contributed by atoms with Gasteiger partial charge in [-0.15, -0.1) is 11.3 Å². The molecule has 0 spiro atoms. The van der Waals surface area contributed by atoms with Crippen LogP contribution in [-0.2, 0) is 0 Å². The van der Waals surface area contributed by atoms with Crippen molar-refractivity contribution in [1.82, 2.24) is 4.90 Å². The summed E-state index contributed by atoms with van der Waals surface area (Å²) in [5.74, 6) is 0.279. The Balaban J connectivity index is 1.22. The van der Waals surface area contributed by atoms with E-state index in [9.17, 15) is 19.8 Å². The van der Waals surface area contributed by atoms with Crippen LogP contribution in [0.25, 0.3) is 20.5 Å². The highest BCUT2D eigenvalue weighted by Crippen LogP contribution is 2.41. The molecule has 0 atom stereocenters. The highest BCUT2D eigenvalue weighted by molar-refractivity contribution is 7.22. The van der Waals surface area contributed by atoms with Gasteiger partial charge >= 0.3 is 0 Å². The average Bonchev–Trinajstić information content (AvgIpc) is 3.35. The summed E-state index contributed by atoms with van der Waals surface area (Å²) in [5.41, 5.74) is 4.74. The number of rotatable bonds is 5. The van der Waals surface area contributed by atoms with Crippen molar-refractivity contribution in [3.05, 3.63) is 113 Å². The lowest BCUT2D eigenvalue weighted by molar-refractivity contribution is 0.0746. The minimum atomic E-state index is -0.0970. The SMILES string of the molecule is Cc1ccccc1C(=O)N1CCN(c2ccc(C(=O)c3c(-c4ccc(O)cc4)sc4cc(O)ccc34)cc2)CC1. The number of phenolic OH excluding ortho intramolecular Hbond substituents is 2. The summed E-state index contributed by atoms with van der Waals surface area (Å²) >= 11 is 1.44. The number of benzene rings is 4. The number of anilines is 1. The Bertz CT molecular complexity index is 1720. The van der Waals surface area contributed by atoms with Gasteiger partial charge in [-0.2, -0.15) is 0 Å². The number of aryl methyl sites for hydroxylation is 1. The summed E-state index contributed by atoms with van der Waals surface area (Å²) in [6.07, 6.45) is 0. The molecule has 1 saturated heterocycles. The van der Waals surface area contributed by atoms with E-state index in [4.69, 9.17) is 0 Å². The van der Waals surface area contributed by atoms with E-state index in [-0.39, 0.29) is 23.2 Å². The van der Waals surface area contributed by atoms with E-state index in [1.165, 1.54) is 11.3 Å². The second kappa shape index (κ2) is 10.5. The molecule has 6 rings (SSSR count). The van der Waals surface area contributed by atoms with Gasteiger partial charge in [0, 0.05) is 63.5 Å². The van der Waals surface area contributed by atoms with E-state index in [0.29, 0.717) is 37.3 Å². The number of hydrogen-bond acceptors (Lipinski definition) is 6. The molecule has 1 aliphatic heterocycles. The van der Waals surface area contributed by atoms with Crippen molar-refractivity contribution in [2.45, 2.75) is 6.92 Å². The largest absolute Gasteiger partial charge is 0.508 e. The predicted octanol–water partition coefficient (Wildman–Crippen LogP) is 6.48. The van der Waals surface area contributed by atoms with Crippen molar-refractivity contribution in [2.24, 2.45) is 0 Å². The third-order valence-electron chi connectivity index (χ3n) is 7.47. The maximum atomic E-state index is 13.9. The van der Waals surface area contributed by atoms with E-state index in [1.54, 1.807) is 42.5 Å². The first kappa shape index (κ1) is 25.6. The van der Waals surface area contributed by atoms with Crippen molar-refractivity contribution in [1.29, 1.82) is 0 Å². The number of piperazine rings is 1. The molecule has 6 nitrogen and oxygen atoms in total. The summed E-state index contributed by atoms with van der Waals surface area (Å²) < 4.78 is 0.821. The molecule has 0 aliphatic carbocycles. The molecular formula is C33H28N2O4S. The minimum Gasteiger partial charge on any atom is -0.508 e. The third kappa shape index (κ3) is 4.80. The Morgan fingerprint density at radius 3 is 2.15 bits per heavy atom. The van der Waals surface area contributed by atoms with Gasteiger partial charge in [0.25, 0.3) is 5.91 Å². The molecule has 2 N–H and O–H groups in total. The summed E-state index contributed by atoms with van der Waals surface area (Å²) in [5, 5.41) is 20.6. The minimum absolute atomic E-state index is 0.0689. The number of fused-ring (bicyclic) bond motifs is 1. The zero-order valence-corrected chi connectivity index (χ0v) is 22.8. The van der Waals surface area contributed by atoms with E-state index < -0.39 is 0 Å². The Hall–Kier alpha value is -4.62. The van der Waals surface area contributed by atoms with Crippen LogP contribution < -0.4 is 4.90 Å². The molecule has 40 heavy (non-hydrogen) atoms. The van der Waals surface area contributed by atoms with Gasteiger partial charge in [0.05, 0.1) is 0 Å². The van der Waals surface area contributed by atoms with Crippen LogP contribution in [0.1, 0.15) is 31.8 Å². The number of nitrogens with zero attached hydrogens (tertiary/aromatic N) is 2. The van der Waals surface area contributed by atoms with Gasteiger partial charge in [-0.3, -0.25) is 9.59 Å². The van der Waals surface area contributed by atoms with Crippen molar-refractivity contribution in [3.63, 3.8) is 0 Å². The number of ketones is 1. The fourth-order valence-corrected chi connectivity index (χ4v) is 6.48. The lowest BCUT2D eigenvalue weighted by Gasteiger charge is -2.36. The smallest absolute Gasteiger partial charge is 0.254 e. The topological polar surface area (TPSA) is 81.1 Å². The second-order valence-corrected chi connectivity index (χ2v) is 11.1. The summed E-state index contributed by atoms with van der Waals surface area (Å²) in [7, 11) is 0. The zero-order valence-electron chi connectivity index (χ0n) is 22.0. The summed E-state index contributed by atoms with van der Waals surface area (Å²) in [6.45, 7) is 4.67. The first-order valence-electron chi connectivity index (χ1n) is 13.2. The summed E-state index contributed by atoms with van der Waals surface area (Å²) in [6, 6.07) is 27.2. The molecule has 200 valence electrons. The molecule has 1 fully saturated rings. The van der Waals surface area contributed by atoms with E-state index in [0.717, 1.165) is 37.3 Å². The molecule has 2 heterocycles. The average molecular weight is 549 g/mol. The molecular weight excluding hydrogens is 520 g/mol. The lowest BCUT2D eigenvalue weighted by Crippen LogP contribution is -2.48. The van der Waals surface area contributed by atoms with Crippen LogP contribution in [0.5, 0.6) is 11.5 Å². The van der Waals surface area contributed by atoms with E-state index >= 15 is 0 Å². The molecule has 1 aliphatic rings. The highest BCUT2D eigenvalue weighted by Gasteiger charge is 2.25. The van der Waals surface area contributed by atoms with Crippen molar-refractivity contribution < 1.29 is 19.8 Å². The number of carbonyl (C=O) groups is 2. The van der Waals surface area contributed by atoms with Crippen molar-refractivity contribution >= 4 is 38.8 Å². The molecule has 1 aromatic heterocycles. The quantitative estimate of drug-likeness (QED) is 0.246. The molecule has 0 unspecified atom stereocenters. The van der Waals surface area contributed by atoms with Crippen LogP contribution in [-0.4, -0.2) is 53.0 Å². The predicted molar refractivity (Wildman–Crippen MR) is 160 cm³/mol. The highest BCUT2D eigenvalue weighted by atomic mass is 32.1. The standard InChI is InChI=1S/C33H28N2O4S/c1-21-4-2-3-5-27(21)33(39)35-18-16-34(17-19-35)24-10-6-22(7-11-24)31(38)30-28-15-14-26(37)20-29(28)40-32(30)23-8-12-25(36)13-9-23/h2-15,20,36-37H,16-19H2,1H3. The maximum absolute atomic E-state index is 13.9. The number of phenols is 2. The maximum Gasteiger partial charge on any atom is 0.254 e. The van der Waals surface area contributed by atoms with Crippen LogP contribution in [0, 0.1) is 6.92 Å². The van der Waals surface area contributed by atoms with Crippen LogP contribution in [0.2, 0.25) is 0 Å². The van der Waals surface area contributed by atoms with Crippen LogP contribution in [0.15, 0.2) is 91.0 Å². The fraction of sp³-hybridized carbons (Fsp3) is 0.152. The molecule has 0 radical (unpaired) electrons. The molecule has 0 bridgehead atoms. The number of aromatic hydroxyl groups is 2. The van der Waals surface area contributed by atoms with Crippen molar-refractivity contribution in [2.75, 3.05) is 31.1 Å². The third-order valence-corrected chi connectivity index (χ3v) is 8.67. The van der Waals surface area contributed by atoms with Gasteiger partial charge in [-0.1, -0.05) is 18.2 Å². The first-order chi connectivity index (χ1) is 19.4. The van der Waals surface area contributed by atoms with Crippen LogP contribution in [0.4, 0.5) is 5.69 Å². The van der Waals surface area contributed by atoms with Gasteiger partial charge < -0.3 is 20.0 Å². The fourth-order valence-electron chi connectivity index (χ4n) is 5.25. The Morgan fingerprint density at radius 1 is 0.775 bits per heavy atom. The molecule has 4 aromatic carbocycles. The number of thiophene rings is 1. The summed E-state index contributed by atoms with van der Waals surface area (Å²) in [4.78, 5) is 31.8. The Morgan fingerprint density at radius 2 is 1.45 bits per heavy atom. The Labute approximate surface area is 236 Å². The number of hydrogen-bond donors (Lipinski definition) is 2. The van der Waals surface area contributed by atoms with Crippen LogP contribution in [0.3, 0.4) is 0 Å². The molecule has 0 saturated carbocycles. The first-order valence-corrected chi connectivity index (χ1v) is 14.0. The Kier molecular flexibility index (Phi) is 6.74. The van der Waals surface area contributed by atoms with Gasteiger partial charge in [0.15, 0.2) is 5.78 Å². The van der Waals surface area contributed by atoms with Gasteiger partial charge in [0.1, 0.15) is 11.5 Å². The lowest BCUT2D eigenvalue weighted by atomic mass is 9.97. The van der Waals surface area contributed by atoms with Gasteiger partial charge in [0.2, 0.25) is 0 Å².